The molecule has 0 atom stereocenters. The number of nitrogens with one attached hydrogen (secondary N) is 1. The lowest BCUT2D eigenvalue weighted by Crippen LogP contribution is -2.28. The van der Waals surface area contributed by atoms with Gasteiger partial charge in [-0.1, -0.05) is 31.0 Å². The molecule has 10 heteroatoms. The van der Waals surface area contributed by atoms with Crippen molar-refractivity contribution in [3.63, 3.8) is 0 Å². The van der Waals surface area contributed by atoms with Crippen LogP contribution in [0.1, 0.15) is 36.5 Å². The first-order valence-electron chi connectivity index (χ1n) is 8.65. The van der Waals surface area contributed by atoms with Crippen LogP contribution in [0.4, 0.5) is 18.0 Å². The van der Waals surface area contributed by atoms with Crippen LogP contribution in [-0.2, 0) is 23.8 Å². The molecule has 156 valence electrons. The van der Waals surface area contributed by atoms with E-state index in [4.69, 9.17) is 21.4 Å². The molecule has 0 aliphatic heterocycles. The van der Waals surface area contributed by atoms with Crippen LogP contribution in [0, 0.1) is 0 Å². The van der Waals surface area contributed by atoms with Gasteiger partial charge in [-0.3, -0.25) is 10.1 Å². The number of carbonyl (C=O) groups is 2. The van der Waals surface area contributed by atoms with E-state index in [-0.39, 0.29) is 17.3 Å². The number of hydrogen-bond donors (Lipinski definition) is 2. The minimum Gasteiger partial charge on any atom is -0.465 e. The molecule has 0 aliphatic rings. The summed E-state index contributed by atoms with van der Waals surface area (Å²) in [5.74, 6) is -0.432. The largest absolute Gasteiger partial charge is 0.465 e. The Morgan fingerprint density at radius 3 is 2.52 bits per heavy atom. The summed E-state index contributed by atoms with van der Waals surface area (Å²) in [5, 5.41) is 10.1. The average Bonchev–Trinajstić information content (AvgIpc) is 2.61. The van der Waals surface area contributed by atoms with Crippen molar-refractivity contribution in [2.45, 2.75) is 38.8 Å². The molecular formula is C19H18ClF3N2O4. The standard InChI is InChI=1S/C19H18ClF3N2O4/c1-2-3-12-8-14(6-4-11(12)5-7-16(26)25-18(27)28)29-17-15(20)9-13(10-24-17)19(21,22)23/h4,6,8-10H,2-3,5,7H2,1H3,(H,25,26)(H,27,28). The van der Waals surface area contributed by atoms with Gasteiger partial charge in [0, 0.05) is 12.6 Å². The van der Waals surface area contributed by atoms with Crippen molar-refractivity contribution in [3.05, 3.63) is 52.2 Å². The highest BCUT2D eigenvalue weighted by atomic mass is 35.5. The van der Waals surface area contributed by atoms with Crippen LogP contribution < -0.4 is 10.1 Å². The van der Waals surface area contributed by atoms with Gasteiger partial charge in [0.15, 0.2) is 0 Å². The van der Waals surface area contributed by atoms with Crippen LogP contribution in [0.3, 0.4) is 0 Å². The Morgan fingerprint density at radius 1 is 1.21 bits per heavy atom. The highest BCUT2D eigenvalue weighted by Crippen LogP contribution is 2.35. The number of amides is 2. The summed E-state index contributed by atoms with van der Waals surface area (Å²) < 4.78 is 43.7. The average molecular weight is 431 g/mol. The Morgan fingerprint density at radius 2 is 1.93 bits per heavy atom. The number of rotatable bonds is 7. The Balaban J connectivity index is 2.17. The van der Waals surface area contributed by atoms with E-state index < -0.39 is 23.7 Å². The van der Waals surface area contributed by atoms with E-state index in [1.54, 1.807) is 23.5 Å². The number of alkyl halides is 3. The van der Waals surface area contributed by atoms with E-state index in [0.717, 1.165) is 23.6 Å². The van der Waals surface area contributed by atoms with E-state index >= 15 is 0 Å². The van der Waals surface area contributed by atoms with Crippen molar-refractivity contribution in [1.29, 1.82) is 0 Å². The van der Waals surface area contributed by atoms with Crippen LogP contribution in [0.25, 0.3) is 0 Å². The number of imide groups is 1. The van der Waals surface area contributed by atoms with Gasteiger partial charge >= 0.3 is 12.3 Å². The molecule has 0 fully saturated rings. The molecular weight excluding hydrogens is 413 g/mol. The third-order valence-corrected chi connectivity index (χ3v) is 4.18. The molecule has 2 N–H and O–H groups in total. The zero-order valence-corrected chi connectivity index (χ0v) is 16.1. The molecule has 2 aromatic rings. The van der Waals surface area contributed by atoms with Crippen LogP contribution >= 0.6 is 11.6 Å². The molecule has 1 aromatic carbocycles. The first-order valence-corrected chi connectivity index (χ1v) is 9.03. The molecule has 1 heterocycles. The number of pyridine rings is 1. The Hall–Kier alpha value is -2.81. The highest BCUT2D eigenvalue weighted by molar-refractivity contribution is 6.31. The summed E-state index contributed by atoms with van der Waals surface area (Å²) in [6, 6.07) is 5.74. The molecule has 2 amide bonds. The van der Waals surface area contributed by atoms with Gasteiger partial charge in [-0.25, -0.2) is 9.78 Å². The number of aryl methyl sites for hydroxylation is 2. The van der Waals surface area contributed by atoms with Gasteiger partial charge in [-0.15, -0.1) is 0 Å². The molecule has 0 saturated heterocycles. The minimum absolute atomic E-state index is 0.00446. The number of aromatic nitrogens is 1. The van der Waals surface area contributed by atoms with Gasteiger partial charge in [0.25, 0.3) is 0 Å². The third-order valence-electron chi connectivity index (χ3n) is 3.91. The van der Waals surface area contributed by atoms with Crippen LogP contribution in [0.2, 0.25) is 5.02 Å². The smallest absolute Gasteiger partial charge is 0.417 e. The molecule has 0 spiro atoms. The highest BCUT2D eigenvalue weighted by Gasteiger charge is 2.31. The van der Waals surface area contributed by atoms with Crippen molar-refractivity contribution in [2.75, 3.05) is 0 Å². The van der Waals surface area contributed by atoms with Crippen LogP contribution in [-0.4, -0.2) is 22.1 Å². The molecule has 2 rings (SSSR count). The van der Waals surface area contributed by atoms with Crippen molar-refractivity contribution in [1.82, 2.24) is 10.3 Å². The van der Waals surface area contributed by atoms with E-state index in [0.29, 0.717) is 24.8 Å². The molecule has 0 saturated carbocycles. The molecule has 0 unspecified atom stereocenters. The molecule has 0 radical (unpaired) electrons. The summed E-state index contributed by atoms with van der Waals surface area (Å²) in [6.45, 7) is 1.96. The van der Waals surface area contributed by atoms with E-state index in [1.807, 2.05) is 6.92 Å². The second-order valence-electron chi connectivity index (χ2n) is 6.14. The van der Waals surface area contributed by atoms with Gasteiger partial charge in [-0.05, 0) is 42.2 Å². The van der Waals surface area contributed by atoms with E-state index in [1.165, 1.54) is 0 Å². The Kier molecular flexibility index (Phi) is 7.44. The van der Waals surface area contributed by atoms with Gasteiger partial charge in [0.1, 0.15) is 10.8 Å². The van der Waals surface area contributed by atoms with Gasteiger partial charge in [0.05, 0.1) is 5.56 Å². The van der Waals surface area contributed by atoms with Crippen LogP contribution in [0.15, 0.2) is 30.5 Å². The number of nitrogens with zero attached hydrogens (tertiary/aromatic N) is 1. The number of ether oxygens (including phenoxy) is 1. The summed E-state index contributed by atoms with van der Waals surface area (Å²) in [6.07, 6.45) is -3.53. The summed E-state index contributed by atoms with van der Waals surface area (Å²) in [4.78, 5) is 25.6. The predicted octanol–water partition coefficient (Wildman–Crippen LogP) is 5.23. The second kappa shape index (κ2) is 9.60. The minimum atomic E-state index is -4.56. The lowest BCUT2D eigenvalue weighted by Gasteiger charge is -2.13. The number of hydrogen-bond acceptors (Lipinski definition) is 4. The van der Waals surface area contributed by atoms with Gasteiger partial charge in [0.2, 0.25) is 11.8 Å². The monoisotopic (exact) mass is 430 g/mol. The Labute approximate surface area is 169 Å². The molecule has 1 aromatic heterocycles. The SMILES string of the molecule is CCCc1cc(Oc2ncc(C(F)(F)F)cc2Cl)ccc1CCC(=O)NC(=O)O. The lowest BCUT2D eigenvalue weighted by atomic mass is 9.99. The maximum absolute atomic E-state index is 12.7. The molecule has 0 aliphatic carbocycles. The number of carboxylic acid groups (broad SMARTS) is 1. The zero-order valence-electron chi connectivity index (χ0n) is 15.3. The first-order chi connectivity index (χ1) is 13.6. The normalized spacial score (nSPS) is 11.2. The Bertz CT molecular complexity index is 904. The summed E-state index contributed by atoms with van der Waals surface area (Å²) in [7, 11) is 0. The number of halogens is 4. The predicted molar refractivity (Wildman–Crippen MR) is 99.2 cm³/mol. The quantitative estimate of drug-likeness (QED) is 0.628. The molecule has 6 nitrogen and oxygen atoms in total. The zero-order chi connectivity index (χ0) is 21.6. The fourth-order valence-corrected chi connectivity index (χ4v) is 2.81. The third kappa shape index (κ3) is 6.63. The number of carbonyl (C=O) groups excluding carboxylic acids is 1. The van der Waals surface area contributed by atoms with Crippen LogP contribution in [0.5, 0.6) is 11.6 Å². The lowest BCUT2D eigenvalue weighted by molar-refractivity contribution is -0.137. The van der Waals surface area contributed by atoms with E-state index in [9.17, 15) is 22.8 Å². The second-order valence-corrected chi connectivity index (χ2v) is 6.55. The molecule has 29 heavy (non-hydrogen) atoms. The van der Waals surface area contributed by atoms with Gasteiger partial charge < -0.3 is 9.84 Å². The summed E-state index contributed by atoms with van der Waals surface area (Å²) in [5.41, 5.74) is 0.735. The fraction of sp³-hybridized carbons (Fsp3) is 0.316. The maximum atomic E-state index is 12.7. The van der Waals surface area contributed by atoms with Crippen molar-refractivity contribution >= 4 is 23.6 Å². The fourth-order valence-electron chi connectivity index (χ4n) is 2.61. The topological polar surface area (TPSA) is 88.5 Å². The summed E-state index contributed by atoms with van der Waals surface area (Å²) >= 11 is 5.86. The molecule has 0 bridgehead atoms. The van der Waals surface area contributed by atoms with Gasteiger partial charge in [-0.2, -0.15) is 13.2 Å². The number of benzene rings is 1. The maximum Gasteiger partial charge on any atom is 0.417 e. The van der Waals surface area contributed by atoms with E-state index in [2.05, 4.69) is 4.98 Å². The van der Waals surface area contributed by atoms with Crippen molar-refractivity contribution in [3.8, 4) is 11.6 Å². The van der Waals surface area contributed by atoms with Crippen molar-refractivity contribution < 1.29 is 32.6 Å². The van der Waals surface area contributed by atoms with Crippen molar-refractivity contribution in [2.24, 2.45) is 0 Å². The first kappa shape index (κ1) is 22.5.